The number of aryl methyl sites for hydroxylation is 1. The Morgan fingerprint density at radius 1 is 1.13 bits per heavy atom. The van der Waals surface area contributed by atoms with E-state index >= 15 is 0 Å². The minimum atomic E-state index is -3.53. The summed E-state index contributed by atoms with van der Waals surface area (Å²) in [4.78, 5) is 16.8. The van der Waals surface area contributed by atoms with Crippen LogP contribution in [0.15, 0.2) is 29.2 Å². The van der Waals surface area contributed by atoms with Crippen LogP contribution in [0.4, 0.5) is 0 Å². The van der Waals surface area contributed by atoms with Crippen molar-refractivity contribution in [3.8, 4) is 0 Å². The van der Waals surface area contributed by atoms with Crippen LogP contribution in [-0.4, -0.2) is 36.6 Å². The summed E-state index contributed by atoms with van der Waals surface area (Å²) in [5.74, 6) is 0.112. The summed E-state index contributed by atoms with van der Waals surface area (Å²) in [6.07, 6.45) is 4.47. The average molecular weight is 445 g/mol. The van der Waals surface area contributed by atoms with Gasteiger partial charge in [0, 0.05) is 42.9 Å². The van der Waals surface area contributed by atoms with Crippen molar-refractivity contribution in [3.05, 3.63) is 52.3 Å². The van der Waals surface area contributed by atoms with Crippen LogP contribution in [0.1, 0.15) is 86.3 Å². The maximum absolute atomic E-state index is 13.3. The number of sulfonamides is 1. The summed E-state index contributed by atoms with van der Waals surface area (Å²) in [7, 11) is -3.53. The first-order chi connectivity index (χ1) is 14.6. The van der Waals surface area contributed by atoms with Crippen LogP contribution in [-0.2, 0) is 22.9 Å². The van der Waals surface area contributed by atoms with Gasteiger partial charge in [0.2, 0.25) is 10.0 Å². The zero-order valence-corrected chi connectivity index (χ0v) is 20.4. The molecule has 1 fully saturated rings. The summed E-state index contributed by atoms with van der Waals surface area (Å²) < 4.78 is 28.2. The Bertz CT molecular complexity index is 1040. The molecule has 0 atom stereocenters. The van der Waals surface area contributed by atoms with Crippen LogP contribution < -0.4 is 0 Å². The summed E-state index contributed by atoms with van der Waals surface area (Å²) in [5, 5.41) is 0. The molecule has 0 spiro atoms. The van der Waals surface area contributed by atoms with Crippen molar-refractivity contribution in [1.82, 2.24) is 9.29 Å². The maximum atomic E-state index is 13.3. The molecule has 0 bridgehead atoms. The van der Waals surface area contributed by atoms with Crippen LogP contribution in [0.2, 0.25) is 0 Å². The lowest BCUT2D eigenvalue weighted by atomic mass is 9.83. The van der Waals surface area contributed by atoms with E-state index in [0.29, 0.717) is 30.8 Å². The molecule has 1 aliphatic heterocycles. The minimum absolute atomic E-state index is 0.0777. The van der Waals surface area contributed by atoms with E-state index in [1.807, 2.05) is 26.0 Å². The second-order valence-electron chi connectivity index (χ2n) is 9.45. The molecule has 6 heteroatoms. The van der Waals surface area contributed by atoms with E-state index in [-0.39, 0.29) is 11.2 Å². The lowest BCUT2D eigenvalue weighted by Crippen LogP contribution is -2.28. The van der Waals surface area contributed by atoms with Crippen LogP contribution in [0.5, 0.6) is 0 Å². The van der Waals surface area contributed by atoms with Gasteiger partial charge < -0.3 is 4.98 Å². The zero-order chi connectivity index (χ0) is 22.8. The van der Waals surface area contributed by atoms with Crippen molar-refractivity contribution < 1.29 is 13.2 Å². The fourth-order valence-electron chi connectivity index (χ4n) is 4.36. The molecule has 1 saturated heterocycles. The number of ketones is 1. The van der Waals surface area contributed by atoms with E-state index in [4.69, 9.17) is 0 Å². The molecular formula is C25H36N2O3S. The molecule has 170 valence electrons. The molecule has 0 amide bonds. The van der Waals surface area contributed by atoms with E-state index < -0.39 is 10.0 Å². The number of benzene rings is 1. The van der Waals surface area contributed by atoms with Crippen LogP contribution in [0, 0.1) is 12.3 Å². The highest BCUT2D eigenvalue weighted by molar-refractivity contribution is 7.89. The third-order valence-electron chi connectivity index (χ3n) is 6.63. The molecule has 1 N–H and O–H groups in total. The molecule has 1 aromatic carbocycles. The van der Waals surface area contributed by atoms with Gasteiger partial charge in [0.1, 0.15) is 0 Å². The Kier molecular flexibility index (Phi) is 7.11. The Balaban J connectivity index is 2.06. The van der Waals surface area contributed by atoms with Crippen molar-refractivity contribution >= 4 is 15.8 Å². The third kappa shape index (κ3) is 4.96. The van der Waals surface area contributed by atoms with Gasteiger partial charge in [-0.2, -0.15) is 4.31 Å². The molecule has 0 saturated carbocycles. The standard InChI is InChI=1S/C25H36N2O3S/c1-6-22(28)24-20(18(3)26-21(24)17-25(4,5)7-2)16-19-12-8-9-13-23(19)31(29,30)27-14-10-11-15-27/h8-9,12-13,26H,6-7,10-11,14-17H2,1-5H3. The van der Waals surface area contributed by atoms with E-state index in [0.717, 1.165) is 53.8 Å². The first-order valence-corrected chi connectivity index (χ1v) is 12.9. The third-order valence-corrected chi connectivity index (χ3v) is 8.63. The van der Waals surface area contributed by atoms with Crippen molar-refractivity contribution in [2.75, 3.05) is 13.1 Å². The van der Waals surface area contributed by atoms with Gasteiger partial charge in [0.15, 0.2) is 5.78 Å². The fraction of sp³-hybridized carbons (Fsp3) is 0.560. The van der Waals surface area contributed by atoms with Gasteiger partial charge in [-0.05, 0) is 48.8 Å². The van der Waals surface area contributed by atoms with Crippen LogP contribution in [0.25, 0.3) is 0 Å². The van der Waals surface area contributed by atoms with Crippen LogP contribution in [0.3, 0.4) is 0 Å². The molecule has 1 aliphatic rings. The Labute approximate surface area is 187 Å². The van der Waals surface area contributed by atoms with Crippen molar-refractivity contribution in [3.63, 3.8) is 0 Å². The minimum Gasteiger partial charge on any atom is -0.362 e. The van der Waals surface area contributed by atoms with Gasteiger partial charge in [-0.1, -0.05) is 52.3 Å². The Morgan fingerprint density at radius 3 is 2.39 bits per heavy atom. The largest absolute Gasteiger partial charge is 0.362 e. The van der Waals surface area contributed by atoms with E-state index in [2.05, 4.69) is 25.8 Å². The molecule has 31 heavy (non-hydrogen) atoms. The molecule has 2 heterocycles. The van der Waals surface area contributed by atoms with Crippen molar-refractivity contribution in [1.29, 1.82) is 0 Å². The smallest absolute Gasteiger partial charge is 0.243 e. The number of nitrogens with one attached hydrogen (secondary N) is 1. The number of carbonyl (C=O) groups excluding carboxylic acids is 1. The summed E-state index contributed by atoms with van der Waals surface area (Å²) in [6.45, 7) is 11.6. The van der Waals surface area contributed by atoms with E-state index in [9.17, 15) is 13.2 Å². The van der Waals surface area contributed by atoms with E-state index in [1.54, 1.807) is 16.4 Å². The number of hydrogen-bond acceptors (Lipinski definition) is 3. The van der Waals surface area contributed by atoms with Gasteiger partial charge >= 0.3 is 0 Å². The number of aromatic nitrogens is 1. The van der Waals surface area contributed by atoms with Gasteiger partial charge in [-0.3, -0.25) is 4.79 Å². The monoisotopic (exact) mass is 444 g/mol. The lowest BCUT2D eigenvalue weighted by Gasteiger charge is -2.22. The molecule has 0 radical (unpaired) electrons. The predicted molar refractivity (Wildman–Crippen MR) is 125 cm³/mol. The number of carbonyl (C=O) groups is 1. The molecule has 5 nitrogen and oxygen atoms in total. The lowest BCUT2D eigenvalue weighted by molar-refractivity contribution is 0.0986. The predicted octanol–water partition coefficient (Wildman–Crippen LogP) is 5.27. The molecular weight excluding hydrogens is 408 g/mol. The second kappa shape index (κ2) is 9.29. The van der Waals surface area contributed by atoms with Crippen LogP contribution >= 0.6 is 0 Å². The second-order valence-corrected chi connectivity index (χ2v) is 11.4. The number of Topliss-reactive ketones (excluding diaryl/α,β-unsaturated/α-hetero) is 1. The highest BCUT2D eigenvalue weighted by atomic mass is 32.2. The molecule has 0 unspecified atom stereocenters. The Hall–Kier alpha value is -1.92. The summed E-state index contributed by atoms with van der Waals surface area (Å²) in [6, 6.07) is 7.24. The van der Waals surface area contributed by atoms with Gasteiger partial charge in [-0.15, -0.1) is 0 Å². The maximum Gasteiger partial charge on any atom is 0.243 e. The average Bonchev–Trinajstić information content (AvgIpc) is 3.37. The highest BCUT2D eigenvalue weighted by Crippen LogP contribution is 2.33. The molecule has 1 aromatic heterocycles. The van der Waals surface area contributed by atoms with Crippen molar-refractivity contribution in [2.45, 2.75) is 78.0 Å². The van der Waals surface area contributed by atoms with E-state index in [1.165, 1.54) is 0 Å². The SMILES string of the molecule is CCC(=O)c1c(CC(C)(C)CC)[nH]c(C)c1Cc1ccccc1S(=O)(=O)N1CCCC1. The molecule has 2 aromatic rings. The normalized spacial score (nSPS) is 15.5. The number of aromatic amines is 1. The zero-order valence-electron chi connectivity index (χ0n) is 19.5. The fourth-order valence-corrected chi connectivity index (χ4v) is 6.10. The molecule has 0 aliphatic carbocycles. The highest BCUT2D eigenvalue weighted by Gasteiger charge is 2.30. The number of H-pyrrole nitrogens is 1. The summed E-state index contributed by atoms with van der Waals surface area (Å²) >= 11 is 0. The van der Waals surface area contributed by atoms with Gasteiger partial charge in [0.25, 0.3) is 0 Å². The number of nitrogens with zero attached hydrogens (tertiary/aromatic N) is 1. The van der Waals surface area contributed by atoms with Gasteiger partial charge in [-0.25, -0.2) is 8.42 Å². The quantitative estimate of drug-likeness (QED) is 0.536. The molecule has 3 rings (SSSR count). The topological polar surface area (TPSA) is 70.2 Å². The number of hydrogen-bond donors (Lipinski definition) is 1. The van der Waals surface area contributed by atoms with Gasteiger partial charge in [0.05, 0.1) is 4.90 Å². The first-order valence-electron chi connectivity index (χ1n) is 11.4. The number of rotatable bonds is 9. The summed E-state index contributed by atoms with van der Waals surface area (Å²) in [5.41, 5.74) is 4.45. The van der Waals surface area contributed by atoms with Crippen molar-refractivity contribution in [2.24, 2.45) is 5.41 Å². The first kappa shape index (κ1) is 23.7. The Morgan fingerprint density at radius 2 is 1.77 bits per heavy atom.